The van der Waals surface area contributed by atoms with E-state index in [2.05, 4.69) is 0 Å². The Hall–Kier alpha value is -0.400. The summed E-state index contributed by atoms with van der Waals surface area (Å²) in [5.74, 6) is -1.40. The molecule has 0 saturated carbocycles. The first-order valence-electron chi connectivity index (χ1n) is 3.23. The van der Waals surface area contributed by atoms with Crippen LogP contribution in [0.25, 0.3) is 0 Å². The monoisotopic (exact) mass is 226 g/mol. The first kappa shape index (κ1) is 13.6. The topological polar surface area (TPSA) is 91.7 Å². The molecule has 2 N–H and O–H groups in total. The third kappa shape index (κ3) is 3.07. The molecule has 0 radical (unpaired) electrons. The maximum absolute atomic E-state index is 10.7. The van der Waals surface area contributed by atoms with Crippen LogP contribution in [0.5, 0.6) is 0 Å². The van der Waals surface area contributed by atoms with Crippen LogP contribution in [-0.4, -0.2) is 53.6 Å². The molecule has 1 aromatic rings. The van der Waals surface area contributed by atoms with E-state index in [1.807, 2.05) is 0 Å². The molecule has 1 aromatic carbocycles. The van der Waals surface area contributed by atoms with E-state index in [4.69, 9.17) is 9.66 Å². The first-order valence-corrected chi connectivity index (χ1v) is 4.67. The minimum atomic E-state index is -4.46. The Kier molecular flexibility index (Phi) is 4.76. The second-order valence-corrected chi connectivity index (χ2v) is 3.67. The van der Waals surface area contributed by atoms with Crippen LogP contribution in [0.15, 0.2) is 29.2 Å². The van der Waals surface area contributed by atoms with Gasteiger partial charge in [-0.05, 0) is 12.1 Å². The summed E-state index contributed by atoms with van der Waals surface area (Å²) >= 11 is 0. The van der Waals surface area contributed by atoms with E-state index < -0.39 is 26.5 Å². The molecule has 0 bridgehead atoms. The Balaban J connectivity index is 0.00000169. The van der Waals surface area contributed by atoms with Gasteiger partial charge in [0.2, 0.25) is 0 Å². The van der Waals surface area contributed by atoms with E-state index in [0.717, 1.165) is 12.1 Å². The second kappa shape index (κ2) is 4.90. The molecule has 0 unspecified atom stereocenters. The number of aromatic carboxylic acids is 1. The van der Waals surface area contributed by atoms with Gasteiger partial charge in [-0.15, -0.1) is 0 Å². The summed E-state index contributed by atoms with van der Waals surface area (Å²) in [6.07, 6.45) is 0. The van der Waals surface area contributed by atoms with Crippen LogP contribution < -0.4 is 0 Å². The summed E-state index contributed by atoms with van der Waals surface area (Å²) in [5, 5.41) is 8.55. The minimum absolute atomic E-state index is 0. The van der Waals surface area contributed by atoms with Crippen molar-refractivity contribution in [2.75, 3.05) is 0 Å². The summed E-state index contributed by atoms with van der Waals surface area (Å²) in [6, 6.07) is 4.83. The molecule has 5 nitrogen and oxygen atoms in total. The molecule has 0 aliphatic heterocycles. The van der Waals surface area contributed by atoms with Crippen LogP contribution in [0, 0.1) is 0 Å². The molecule has 0 spiro atoms. The zero-order chi connectivity index (χ0) is 10.1. The Bertz CT molecular complexity index is 439. The molecule has 7 heteroatoms. The molecule has 0 aromatic heterocycles. The van der Waals surface area contributed by atoms with Crippen molar-refractivity contribution in [3.63, 3.8) is 0 Å². The molecule has 72 valence electrons. The maximum atomic E-state index is 10.7. The van der Waals surface area contributed by atoms with Crippen molar-refractivity contribution in [2.24, 2.45) is 0 Å². The molecule has 0 atom stereocenters. The van der Waals surface area contributed by atoms with E-state index >= 15 is 0 Å². The molecule has 0 aliphatic carbocycles. The average molecular weight is 226 g/mol. The summed E-state index contributed by atoms with van der Waals surface area (Å²) in [7, 11) is -4.46. The SMILES string of the molecule is O=C(O)c1ccccc1S(=O)(=O)O.[NaH]. The van der Waals surface area contributed by atoms with Crippen LogP contribution in [0.1, 0.15) is 10.4 Å². The van der Waals surface area contributed by atoms with Crippen molar-refractivity contribution in [3.05, 3.63) is 29.8 Å². The van der Waals surface area contributed by atoms with Crippen molar-refractivity contribution in [2.45, 2.75) is 4.90 Å². The predicted octanol–water partition coefficient (Wildman–Crippen LogP) is -0.0170. The standard InChI is InChI=1S/C7H6O5S.Na.H/c8-7(9)5-3-1-2-4-6(5)13(10,11)12;;/h1-4H,(H,8,9)(H,10,11,12);;. The average Bonchev–Trinajstić information content (AvgIpc) is 2.03. The molecular formula is C7H7NaO5S. The van der Waals surface area contributed by atoms with Gasteiger partial charge >= 0.3 is 35.5 Å². The molecule has 0 aliphatic rings. The van der Waals surface area contributed by atoms with Crippen LogP contribution in [0.4, 0.5) is 0 Å². The van der Waals surface area contributed by atoms with Crippen molar-refractivity contribution >= 4 is 45.6 Å². The molecule has 0 fully saturated rings. The van der Waals surface area contributed by atoms with E-state index in [-0.39, 0.29) is 29.6 Å². The molecule has 0 saturated heterocycles. The number of rotatable bonds is 2. The third-order valence-corrected chi connectivity index (χ3v) is 2.31. The number of hydrogen-bond acceptors (Lipinski definition) is 3. The van der Waals surface area contributed by atoms with Crippen molar-refractivity contribution < 1.29 is 22.9 Å². The number of carboxylic acids is 1. The van der Waals surface area contributed by atoms with Gasteiger partial charge in [0.15, 0.2) is 0 Å². The van der Waals surface area contributed by atoms with Gasteiger partial charge in [-0.3, -0.25) is 4.55 Å². The number of carboxylic acid groups (broad SMARTS) is 1. The van der Waals surface area contributed by atoms with Crippen LogP contribution in [0.2, 0.25) is 0 Å². The predicted molar refractivity (Wildman–Crippen MR) is 50.4 cm³/mol. The van der Waals surface area contributed by atoms with Crippen molar-refractivity contribution in [3.8, 4) is 0 Å². The summed E-state index contributed by atoms with van der Waals surface area (Å²) in [5.41, 5.74) is -0.440. The van der Waals surface area contributed by atoms with Crippen LogP contribution in [0.3, 0.4) is 0 Å². The fourth-order valence-electron chi connectivity index (χ4n) is 0.868. The summed E-state index contributed by atoms with van der Waals surface area (Å²) < 4.78 is 29.9. The summed E-state index contributed by atoms with van der Waals surface area (Å²) in [6.45, 7) is 0. The van der Waals surface area contributed by atoms with Gasteiger partial charge < -0.3 is 5.11 Å². The van der Waals surface area contributed by atoms with Gasteiger partial charge in [0.25, 0.3) is 10.1 Å². The van der Waals surface area contributed by atoms with Crippen LogP contribution in [-0.2, 0) is 10.1 Å². The fraction of sp³-hybridized carbons (Fsp3) is 0. The van der Waals surface area contributed by atoms with E-state index in [1.54, 1.807) is 0 Å². The number of hydrogen-bond donors (Lipinski definition) is 2. The van der Waals surface area contributed by atoms with E-state index in [0.29, 0.717) is 0 Å². The van der Waals surface area contributed by atoms with E-state index in [1.165, 1.54) is 12.1 Å². The normalized spacial score (nSPS) is 10.4. The zero-order valence-corrected chi connectivity index (χ0v) is 7.15. The summed E-state index contributed by atoms with van der Waals surface area (Å²) in [4.78, 5) is 9.90. The molecule has 14 heavy (non-hydrogen) atoms. The molecule has 0 amide bonds. The Morgan fingerprint density at radius 1 is 1.21 bits per heavy atom. The van der Waals surface area contributed by atoms with Crippen molar-refractivity contribution in [1.29, 1.82) is 0 Å². The zero-order valence-electron chi connectivity index (χ0n) is 6.34. The molecule has 1 rings (SSSR count). The molecular weight excluding hydrogens is 219 g/mol. The first-order chi connectivity index (χ1) is 5.93. The Labute approximate surface area is 103 Å². The third-order valence-electron chi connectivity index (χ3n) is 1.40. The van der Waals surface area contributed by atoms with E-state index in [9.17, 15) is 13.2 Å². The van der Waals surface area contributed by atoms with Gasteiger partial charge in [-0.2, -0.15) is 8.42 Å². The Morgan fingerprint density at radius 3 is 2.07 bits per heavy atom. The number of carbonyl (C=O) groups is 1. The van der Waals surface area contributed by atoms with Gasteiger partial charge in [0, 0.05) is 0 Å². The Morgan fingerprint density at radius 2 is 1.71 bits per heavy atom. The van der Waals surface area contributed by atoms with Gasteiger partial charge in [0.05, 0.1) is 5.56 Å². The van der Waals surface area contributed by atoms with Gasteiger partial charge in [0.1, 0.15) is 4.90 Å². The van der Waals surface area contributed by atoms with Crippen molar-refractivity contribution in [1.82, 2.24) is 0 Å². The fourth-order valence-corrected chi connectivity index (χ4v) is 1.55. The van der Waals surface area contributed by atoms with Gasteiger partial charge in [-0.25, -0.2) is 4.79 Å². The quantitative estimate of drug-likeness (QED) is 0.546. The van der Waals surface area contributed by atoms with Gasteiger partial charge in [-0.1, -0.05) is 12.1 Å². The second-order valence-electron chi connectivity index (χ2n) is 2.28. The number of benzene rings is 1. The molecule has 0 heterocycles. The van der Waals surface area contributed by atoms with Crippen LogP contribution >= 0.6 is 0 Å².